The van der Waals surface area contributed by atoms with Crippen LogP contribution in [0.15, 0.2) is 79.5 Å². The Morgan fingerprint density at radius 1 is 0.700 bits per heavy atom. The zero-order valence-corrected chi connectivity index (χ0v) is 15.7. The molecule has 0 radical (unpaired) electrons. The molecule has 6 aromatic heterocycles. The molecule has 0 unspecified atom stereocenters. The fourth-order valence-corrected chi connectivity index (χ4v) is 3.69. The molecule has 0 bridgehead atoms. The highest BCUT2D eigenvalue weighted by Gasteiger charge is 2.15. The number of aromatic amines is 2. The van der Waals surface area contributed by atoms with Gasteiger partial charge < -0.3 is 4.98 Å². The van der Waals surface area contributed by atoms with Crippen LogP contribution in [0.2, 0.25) is 0 Å². The molecule has 0 saturated heterocycles. The topological polar surface area (TPSA) is 96.0 Å². The van der Waals surface area contributed by atoms with Crippen molar-refractivity contribution >= 4 is 21.9 Å². The lowest BCUT2D eigenvalue weighted by Gasteiger charge is -2.01. The molecule has 6 aromatic rings. The zero-order chi connectivity index (χ0) is 19.9. The second-order valence-corrected chi connectivity index (χ2v) is 6.95. The molecule has 0 saturated carbocycles. The highest BCUT2D eigenvalue weighted by Crippen LogP contribution is 2.33. The summed E-state index contributed by atoms with van der Waals surface area (Å²) >= 11 is 0. The van der Waals surface area contributed by atoms with Crippen LogP contribution in [-0.2, 0) is 0 Å². The zero-order valence-electron chi connectivity index (χ0n) is 15.7. The largest absolute Gasteiger partial charge is 0.353 e. The van der Waals surface area contributed by atoms with Gasteiger partial charge in [0.2, 0.25) is 0 Å². The maximum Gasteiger partial charge on any atom is 0.155 e. The van der Waals surface area contributed by atoms with E-state index >= 15 is 0 Å². The molecule has 30 heavy (non-hydrogen) atoms. The maximum absolute atomic E-state index is 4.56. The van der Waals surface area contributed by atoms with Gasteiger partial charge in [0.05, 0.1) is 17.1 Å². The Bertz CT molecular complexity index is 1480. The summed E-state index contributed by atoms with van der Waals surface area (Å²) in [4.78, 5) is 21.2. The molecule has 2 N–H and O–H groups in total. The van der Waals surface area contributed by atoms with Crippen LogP contribution in [-0.4, -0.2) is 35.1 Å². The van der Waals surface area contributed by atoms with Gasteiger partial charge in [0.25, 0.3) is 0 Å². The smallest absolute Gasteiger partial charge is 0.155 e. The molecule has 6 heterocycles. The first-order valence-electron chi connectivity index (χ1n) is 9.51. The minimum absolute atomic E-state index is 0.736. The quantitative estimate of drug-likeness (QED) is 0.460. The van der Waals surface area contributed by atoms with E-state index < -0.39 is 0 Å². The average molecular weight is 389 g/mol. The van der Waals surface area contributed by atoms with E-state index in [4.69, 9.17) is 0 Å². The number of nitrogens with zero attached hydrogens (tertiary/aromatic N) is 5. The number of hydrogen-bond donors (Lipinski definition) is 2. The van der Waals surface area contributed by atoms with E-state index in [2.05, 4.69) is 47.2 Å². The second-order valence-electron chi connectivity index (χ2n) is 6.95. The summed E-state index contributed by atoms with van der Waals surface area (Å²) in [6, 6.07) is 15.9. The van der Waals surface area contributed by atoms with E-state index in [1.807, 2.05) is 48.8 Å². The van der Waals surface area contributed by atoms with Gasteiger partial charge in [0.15, 0.2) is 5.65 Å². The van der Waals surface area contributed by atoms with Crippen molar-refractivity contribution in [1.82, 2.24) is 35.1 Å². The van der Waals surface area contributed by atoms with Crippen LogP contribution in [0.4, 0.5) is 0 Å². The van der Waals surface area contributed by atoms with Gasteiger partial charge in [-0.05, 0) is 36.4 Å². The number of rotatable bonds is 3. The number of fused-ring (bicyclic) bond motifs is 2. The lowest BCUT2D eigenvalue weighted by Crippen LogP contribution is -1.86. The number of hydrogen-bond acceptors (Lipinski definition) is 5. The molecule has 0 atom stereocenters. The van der Waals surface area contributed by atoms with Gasteiger partial charge >= 0.3 is 0 Å². The first kappa shape index (κ1) is 16.6. The van der Waals surface area contributed by atoms with Crippen molar-refractivity contribution in [3.63, 3.8) is 0 Å². The number of H-pyrrole nitrogens is 2. The molecule has 7 nitrogen and oxygen atoms in total. The van der Waals surface area contributed by atoms with Crippen molar-refractivity contribution in [3.05, 3.63) is 79.5 Å². The molecule has 6 rings (SSSR count). The molecule has 0 fully saturated rings. The minimum atomic E-state index is 0.736. The van der Waals surface area contributed by atoms with Crippen LogP contribution >= 0.6 is 0 Å². The van der Waals surface area contributed by atoms with Crippen LogP contribution in [0.25, 0.3) is 55.8 Å². The molecule has 0 amide bonds. The van der Waals surface area contributed by atoms with Gasteiger partial charge in [0.1, 0.15) is 5.69 Å². The van der Waals surface area contributed by atoms with Crippen LogP contribution in [0.5, 0.6) is 0 Å². The summed E-state index contributed by atoms with van der Waals surface area (Å²) in [6.45, 7) is 0. The van der Waals surface area contributed by atoms with Gasteiger partial charge in [-0.3, -0.25) is 20.1 Å². The third kappa shape index (κ3) is 2.64. The van der Waals surface area contributed by atoms with Crippen molar-refractivity contribution in [1.29, 1.82) is 0 Å². The first-order valence-corrected chi connectivity index (χ1v) is 9.51. The predicted molar refractivity (Wildman–Crippen MR) is 115 cm³/mol. The van der Waals surface area contributed by atoms with E-state index in [1.54, 1.807) is 18.6 Å². The number of aromatic nitrogens is 7. The third-order valence-electron chi connectivity index (χ3n) is 5.12. The molecule has 0 aliphatic carbocycles. The Morgan fingerprint density at radius 3 is 2.57 bits per heavy atom. The first-order chi connectivity index (χ1) is 14.9. The van der Waals surface area contributed by atoms with Crippen LogP contribution < -0.4 is 0 Å². The summed E-state index contributed by atoms with van der Waals surface area (Å²) in [6.07, 6.45) is 8.98. The fraction of sp³-hybridized carbons (Fsp3) is 0. The summed E-state index contributed by atoms with van der Waals surface area (Å²) in [5.41, 5.74) is 7.10. The molecular formula is C23H15N7. The molecule has 0 aliphatic heterocycles. The summed E-state index contributed by atoms with van der Waals surface area (Å²) in [5, 5.41) is 9.50. The lowest BCUT2D eigenvalue weighted by molar-refractivity contribution is 1.10. The Hall–Kier alpha value is -4.39. The van der Waals surface area contributed by atoms with E-state index in [0.717, 1.165) is 55.8 Å². The van der Waals surface area contributed by atoms with Gasteiger partial charge in [-0.1, -0.05) is 12.1 Å². The van der Waals surface area contributed by atoms with Crippen molar-refractivity contribution in [3.8, 4) is 33.9 Å². The van der Waals surface area contributed by atoms with E-state index in [1.165, 1.54) is 0 Å². The SMILES string of the molecule is c1ccc(-c2nccc3[nH]c(-c4n[nH]c5ncc(-c6cccnc6)cc45)cc23)nc1. The van der Waals surface area contributed by atoms with Gasteiger partial charge in [-0.2, -0.15) is 5.10 Å². The summed E-state index contributed by atoms with van der Waals surface area (Å²) in [7, 11) is 0. The fourth-order valence-electron chi connectivity index (χ4n) is 3.69. The Labute approximate surface area is 170 Å². The summed E-state index contributed by atoms with van der Waals surface area (Å²) in [5.74, 6) is 0. The lowest BCUT2D eigenvalue weighted by atomic mass is 10.1. The molecule has 0 aliphatic rings. The maximum atomic E-state index is 4.56. The third-order valence-corrected chi connectivity index (χ3v) is 5.12. The van der Waals surface area contributed by atoms with Gasteiger partial charge in [-0.15, -0.1) is 0 Å². The Morgan fingerprint density at radius 2 is 1.70 bits per heavy atom. The Kier molecular flexibility index (Phi) is 3.64. The van der Waals surface area contributed by atoms with Gasteiger partial charge in [0, 0.05) is 58.4 Å². The van der Waals surface area contributed by atoms with E-state index in [0.29, 0.717) is 0 Å². The van der Waals surface area contributed by atoms with Crippen LogP contribution in [0, 0.1) is 0 Å². The highest BCUT2D eigenvalue weighted by atomic mass is 15.2. The van der Waals surface area contributed by atoms with Crippen molar-refractivity contribution in [2.45, 2.75) is 0 Å². The van der Waals surface area contributed by atoms with Crippen molar-refractivity contribution < 1.29 is 0 Å². The molecule has 7 heteroatoms. The van der Waals surface area contributed by atoms with E-state index in [9.17, 15) is 0 Å². The number of pyridine rings is 4. The van der Waals surface area contributed by atoms with Gasteiger partial charge in [-0.25, -0.2) is 4.98 Å². The van der Waals surface area contributed by atoms with E-state index in [-0.39, 0.29) is 0 Å². The van der Waals surface area contributed by atoms with Crippen LogP contribution in [0.1, 0.15) is 0 Å². The number of nitrogens with one attached hydrogen (secondary N) is 2. The predicted octanol–water partition coefficient (Wildman–Crippen LogP) is 4.63. The standard InChI is InChI=1S/C23H15N7/c1-2-8-25-19(5-1)21-16-11-20(28-18(16)6-9-26-21)22-17-10-15(13-27-23(17)30-29-22)14-4-3-7-24-12-14/h1-13,28H,(H,27,29,30). The molecular weight excluding hydrogens is 374 g/mol. The molecule has 0 aromatic carbocycles. The second kappa shape index (κ2) is 6.59. The normalized spacial score (nSPS) is 11.3. The molecule has 142 valence electrons. The van der Waals surface area contributed by atoms with Crippen molar-refractivity contribution in [2.24, 2.45) is 0 Å². The highest BCUT2D eigenvalue weighted by molar-refractivity contribution is 5.99. The van der Waals surface area contributed by atoms with Crippen LogP contribution in [0.3, 0.4) is 0 Å². The minimum Gasteiger partial charge on any atom is -0.353 e. The average Bonchev–Trinajstić information content (AvgIpc) is 3.43. The molecule has 0 spiro atoms. The monoisotopic (exact) mass is 389 g/mol. The van der Waals surface area contributed by atoms with Crippen molar-refractivity contribution in [2.75, 3.05) is 0 Å². The summed E-state index contributed by atoms with van der Waals surface area (Å²) < 4.78 is 0. The Balaban J connectivity index is 1.52.